The van der Waals surface area contributed by atoms with Gasteiger partial charge in [-0.15, -0.1) is 4.90 Å². The number of anilines is 1. The van der Waals surface area contributed by atoms with Crippen molar-refractivity contribution >= 4 is 76.3 Å². The average Bonchev–Trinajstić information content (AvgIpc) is 2.78. The summed E-state index contributed by atoms with van der Waals surface area (Å²) in [6, 6.07) is 2.64. The van der Waals surface area contributed by atoms with Crippen molar-refractivity contribution in [3.05, 3.63) is 29.8 Å². The first-order valence-electron chi connectivity index (χ1n) is 6.87. The number of imide groups is 1. The van der Waals surface area contributed by atoms with Crippen LogP contribution in [-0.2, 0) is 15.7 Å². The van der Waals surface area contributed by atoms with E-state index in [1.807, 2.05) is 0 Å². The summed E-state index contributed by atoms with van der Waals surface area (Å²) in [5, 5.41) is 0. The lowest BCUT2D eigenvalue weighted by Gasteiger charge is -2.14. The number of nitrogens with zero attached hydrogens (tertiary/aromatic N) is 3. The zero-order valence-corrected chi connectivity index (χ0v) is 16.2. The molecule has 1 atom stereocenters. The Labute approximate surface area is 170 Å². The van der Waals surface area contributed by atoms with Gasteiger partial charge in [-0.3, -0.25) is 0 Å². The van der Waals surface area contributed by atoms with Crippen molar-refractivity contribution in [3.63, 3.8) is 0 Å². The van der Waals surface area contributed by atoms with E-state index in [1.165, 1.54) is 6.07 Å². The lowest BCUT2D eigenvalue weighted by atomic mass is 10.2. The second-order valence-corrected chi connectivity index (χ2v) is 7.79. The zero-order chi connectivity index (χ0) is 20.6. The van der Waals surface area contributed by atoms with Crippen molar-refractivity contribution in [2.75, 3.05) is 12.0 Å². The Bertz CT molecular complexity index is 837. The normalized spacial score (nSPS) is 19.9. The molecule has 13 heteroatoms. The van der Waals surface area contributed by atoms with Crippen LogP contribution in [0, 0.1) is 0 Å². The van der Waals surface area contributed by atoms with Crippen molar-refractivity contribution in [1.82, 2.24) is 0 Å². The fourth-order valence-corrected chi connectivity index (χ4v) is 2.27. The lowest BCUT2D eigenvalue weighted by Crippen LogP contribution is -2.33. The van der Waals surface area contributed by atoms with Crippen molar-refractivity contribution < 1.29 is 32.1 Å². The molecule has 1 aliphatic heterocycles. The number of carbonyl (C=O) groups excluding carboxylic acids is 2. The number of alkyl halides is 7. The quantitative estimate of drug-likeness (QED) is 0.221. The molecule has 1 unspecified atom stereocenters. The minimum absolute atomic E-state index is 0.290. The van der Waals surface area contributed by atoms with Gasteiger partial charge in [-0.05, 0) is 18.2 Å². The third-order valence-electron chi connectivity index (χ3n) is 3.17. The van der Waals surface area contributed by atoms with Crippen LogP contribution >= 0.6 is 46.4 Å². The summed E-state index contributed by atoms with van der Waals surface area (Å²) in [5.74, 6) is -1.67. The lowest BCUT2D eigenvalue weighted by molar-refractivity contribution is -0.345. The SMILES string of the molecule is COC=[N+]1C(=O)C(=NC(Cl)C(Cl)(Cl)Cl)N(c2cccc(C(F)(F)F)c2)C1=O. The highest BCUT2D eigenvalue weighted by Gasteiger charge is 2.53. The number of carbonyl (C=O) groups is 2. The van der Waals surface area contributed by atoms with Gasteiger partial charge in [0.05, 0.1) is 12.7 Å². The number of benzene rings is 1. The molecule has 0 radical (unpaired) electrons. The van der Waals surface area contributed by atoms with E-state index in [2.05, 4.69) is 9.73 Å². The molecule has 0 N–H and O–H groups in total. The molecule has 6 nitrogen and oxygen atoms in total. The number of hydrogen-bond acceptors (Lipinski definition) is 4. The molecule has 1 saturated heterocycles. The first-order chi connectivity index (χ1) is 12.4. The summed E-state index contributed by atoms with van der Waals surface area (Å²) in [5.41, 5.74) is -2.94. The molecule has 0 aromatic heterocycles. The Morgan fingerprint density at radius 1 is 1.26 bits per heavy atom. The summed E-state index contributed by atoms with van der Waals surface area (Å²) >= 11 is 22.6. The number of hydrogen-bond donors (Lipinski definition) is 0. The Morgan fingerprint density at radius 2 is 1.89 bits per heavy atom. The van der Waals surface area contributed by atoms with Gasteiger partial charge in [-0.25, -0.2) is 9.79 Å². The van der Waals surface area contributed by atoms with Crippen LogP contribution in [0.3, 0.4) is 0 Å². The molecule has 1 aromatic carbocycles. The van der Waals surface area contributed by atoms with Crippen molar-refractivity contribution in [2.24, 2.45) is 4.99 Å². The van der Waals surface area contributed by atoms with E-state index in [0.717, 1.165) is 25.6 Å². The largest absolute Gasteiger partial charge is 0.515 e. The number of amides is 3. The number of ether oxygens (including phenoxy) is 1. The Morgan fingerprint density at radius 3 is 2.41 bits per heavy atom. The van der Waals surface area contributed by atoms with Crippen LogP contribution in [0.25, 0.3) is 0 Å². The van der Waals surface area contributed by atoms with E-state index in [-0.39, 0.29) is 5.69 Å². The van der Waals surface area contributed by atoms with Crippen LogP contribution in [0.4, 0.5) is 23.7 Å². The molecular formula is C14H9Cl4F3N3O3+. The summed E-state index contributed by atoms with van der Waals surface area (Å²) in [6.07, 6.45) is -3.92. The van der Waals surface area contributed by atoms with Gasteiger partial charge < -0.3 is 4.74 Å². The van der Waals surface area contributed by atoms with Crippen LogP contribution in [-0.4, -0.2) is 45.2 Å². The number of aliphatic imine (C=N–C) groups is 1. The van der Waals surface area contributed by atoms with Gasteiger partial charge in [0.15, 0.2) is 5.50 Å². The maximum Gasteiger partial charge on any atom is 0.515 e. The number of rotatable bonds is 3. The summed E-state index contributed by atoms with van der Waals surface area (Å²) in [4.78, 5) is 29.3. The van der Waals surface area contributed by atoms with Gasteiger partial charge in [-0.2, -0.15) is 18.0 Å². The molecule has 0 aliphatic carbocycles. The minimum atomic E-state index is -4.68. The fraction of sp³-hybridized carbons (Fsp3) is 0.286. The van der Waals surface area contributed by atoms with Gasteiger partial charge in [0.1, 0.15) is 5.69 Å². The first-order valence-corrected chi connectivity index (χ1v) is 8.44. The number of amidine groups is 1. The first kappa shape index (κ1) is 21.7. The van der Waals surface area contributed by atoms with E-state index >= 15 is 0 Å². The van der Waals surface area contributed by atoms with Crippen LogP contribution in [0.2, 0.25) is 0 Å². The van der Waals surface area contributed by atoms with Gasteiger partial charge >= 0.3 is 24.0 Å². The standard InChI is InChI=1S/C14H9Cl4F3N3O3/c1-27-6-23-10(25)9(22-11(15)13(16,17)18)24(12(23)26)8-4-2-3-7(5-8)14(19,20)21/h2-6,11H,1H3/q+1. The van der Waals surface area contributed by atoms with Gasteiger partial charge in [0.25, 0.3) is 6.40 Å². The van der Waals surface area contributed by atoms with E-state index in [4.69, 9.17) is 46.4 Å². The Hall–Kier alpha value is -1.55. The maximum absolute atomic E-state index is 13.0. The molecule has 0 bridgehead atoms. The third kappa shape index (κ3) is 4.66. The number of halogens is 7. The molecule has 2 rings (SSSR count). The molecule has 27 heavy (non-hydrogen) atoms. The van der Waals surface area contributed by atoms with E-state index in [0.29, 0.717) is 15.5 Å². The molecule has 0 spiro atoms. The van der Waals surface area contributed by atoms with E-state index < -0.39 is 38.8 Å². The highest BCUT2D eigenvalue weighted by molar-refractivity contribution is 6.70. The van der Waals surface area contributed by atoms with Crippen LogP contribution in [0.15, 0.2) is 29.3 Å². The summed E-state index contributed by atoms with van der Waals surface area (Å²) in [7, 11) is 1.16. The molecule has 1 aromatic rings. The monoisotopic (exact) mass is 464 g/mol. The van der Waals surface area contributed by atoms with Crippen LogP contribution < -0.4 is 4.90 Å². The predicted molar refractivity (Wildman–Crippen MR) is 95.0 cm³/mol. The average molecular weight is 466 g/mol. The Kier molecular flexibility index (Phi) is 6.30. The second-order valence-electron chi connectivity index (χ2n) is 5.01. The van der Waals surface area contributed by atoms with Crippen molar-refractivity contribution in [2.45, 2.75) is 15.5 Å². The van der Waals surface area contributed by atoms with E-state index in [1.54, 1.807) is 0 Å². The van der Waals surface area contributed by atoms with Crippen molar-refractivity contribution in [3.8, 4) is 0 Å². The minimum Gasteiger partial charge on any atom is -0.471 e. The molecule has 0 saturated carbocycles. The fourth-order valence-electron chi connectivity index (χ4n) is 2.03. The molecular weight excluding hydrogens is 457 g/mol. The van der Waals surface area contributed by atoms with Crippen LogP contribution in [0.5, 0.6) is 0 Å². The summed E-state index contributed by atoms with van der Waals surface area (Å²) < 4.78 is 41.9. The Balaban J connectivity index is 2.63. The predicted octanol–water partition coefficient (Wildman–Crippen LogP) is 4.19. The molecule has 1 fully saturated rings. The zero-order valence-electron chi connectivity index (χ0n) is 13.2. The topological polar surface area (TPSA) is 62.0 Å². The second kappa shape index (κ2) is 7.83. The summed E-state index contributed by atoms with van der Waals surface area (Å²) in [6.45, 7) is 0. The van der Waals surface area contributed by atoms with Crippen molar-refractivity contribution in [1.29, 1.82) is 0 Å². The van der Waals surface area contributed by atoms with Gasteiger partial charge in [0, 0.05) is 0 Å². The van der Waals surface area contributed by atoms with Gasteiger partial charge in [-0.1, -0.05) is 57.0 Å². The third-order valence-corrected chi connectivity index (χ3v) is 4.55. The molecule has 1 heterocycles. The highest BCUT2D eigenvalue weighted by atomic mass is 35.6. The number of methoxy groups -OCH3 is 1. The molecule has 3 amide bonds. The number of urea groups is 1. The van der Waals surface area contributed by atoms with Crippen LogP contribution in [0.1, 0.15) is 5.56 Å². The van der Waals surface area contributed by atoms with E-state index in [9.17, 15) is 22.8 Å². The molecule has 1 aliphatic rings. The smallest absolute Gasteiger partial charge is 0.471 e. The molecule has 146 valence electrons. The van der Waals surface area contributed by atoms with Gasteiger partial charge in [0.2, 0.25) is 3.79 Å². The maximum atomic E-state index is 13.0. The highest BCUT2D eigenvalue weighted by Crippen LogP contribution is 2.36.